The van der Waals surface area contributed by atoms with Gasteiger partial charge in [0.15, 0.2) is 0 Å². The third-order valence-electron chi connectivity index (χ3n) is 3.89. The third kappa shape index (κ3) is 3.96. The molecule has 2 aliphatic rings. The number of likely N-dealkylation sites (tertiary alicyclic amines) is 1. The number of hydrogen-bond acceptors (Lipinski definition) is 3. The SMILES string of the molecule is CN1CCCCC1CC(=O)NCC1CCCO1. The van der Waals surface area contributed by atoms with E-state index in [9.17, 15) is 4.79 Å². The quantitative estimate of drug-likeness (QED) is 0.801. The Bertz CT molecular complexity index is 252. The van der Waals surface area contributed by atoms with Crippen LogP contribution < -0.4 is 5.32 Å². The summed E-state index contributed by atoms with van der Waals surface area (Å²) in [4.78, 5) is 14.1. The number of carbonyl (C=O) groups is 1. The third-order valence-corrected chi connectivity index (χ3v) is 3.89. The Morgan fingerprint density at radius 1 is 1.35 bits per heavy atom. The molecule has 0 radical (unpaired) electrons. The van der Waals surface area contributed by atoms with Gasteiger partial charge in [0.1, 0.15) is 0 Å². The van der Waals surface area contributed by atoms with Crippen molar-refractivity contribution in [2.75, 3.05) is 26.7 Å². The second kappa shape index (κ2) is 6.36. The van der Waals surface area contributed by atoms with Crippen molar-refractivity contribution < 1.29 is 9.53 Å². The molecule has 0 bridgehead atoms. The Balaban J connectivity index is 1.65. The fourth-order valence-corrected chi connectivity index (χ4v) is 2.72. The smallest absolute Gasteiger partial charge is 0.221 e. The first-order valence-electron chi connectivity index (χ1n) is 6.84. The number of hydrogen-bond donors (Lipinski definition) is 1. The van der Waals surface area contributed by atoms with Gasteiger partial charge in [0.25, 0.3) is 0 Å². The Hall–Kier alpha value is -0.610. The summed E-state index contributed by atoms with van der Waals surface area (Å²) < 4.78 is 5.49. The van der Waals surface area contributed by atoms with Crippen molar-refractivity contribution in [3.8, 4) is 0 Å². The van der Waals surface area contributed by atoms with Gasteiger partial charge in [-0.25, -0.2) is 0 Å². The van der Waals surface area contributed by atoms with Gasteiger partial charge in [-0.1, -0.05) is 6.42 Å². The summed E-state index contributed by atoms with van der Waals surface area (Å²) in [6, 6.07) is 0.438. The van der Waals surface area contributed by atoms with Crippen molar-refractivity contribution in [3.63, 3.8) is 0 Å². The van der Waals surface area contributed by atoms with Gasteiger partial charge in [-0.2, -0.15) is 0 Å². The minimum Gasteiger partial charge on any atom is -0.376 e. The zero-order valence-electron chi connectivity index (χ0n) is 10.8. The molecule has 0 aromatic heterocycles. The summed E-state index contributed by atoms with van der Waals surface area (Å²) in [5.74, 6) is 0.180. The monoisotopic (exact) mass is 240 g/mol. The number of piperidine rings is 1. The predicted molar refractivity (Wildman–Crippen MR) is 66.9 cm³/mol. The molecule has 2 heterocycles. The maximum atomic E-state index is 11.8. The molecule has 2 saturated heterocycles. The number of rotatable bonds is 4. The van der Waals surface area contributed by atoms with Crippen molar-refractivity contribution in [1.29, 1.82) is 0 Å². The van der Waals surface area contributed by atoms with Crippen LogP contribution in [0.3, 0.4) is 0 Å². The molecule has 0 aromatic rings. The zero-order valence-corrected chi connectivity index (χ0v) is 10.8. The lowest BCUT2D eigenvalue weighted by molar-refractivity contribution is -0.123. The highest BCUT2D eigenvalue weighted by molar-refractivity contribution is 5.76. The summed E-state index contributed by atoms with van der Waals surface area (Å²) >= 11 is 0. The van der Waals surface area contributed by atoms with Crippen molar-refractivity contribution >= 4 is 5.91 Å². The molecule has 2 aliphatic heterocycles. The van der Waals surface area contributed by atoms with Crippen LogP contribution in [0.15, 0.2) is 0 Å². The van der Waals surface area contributed by atoms with Crippen LogP contribution in [-0.2, 0) is 9.53 Å². The Morgan fingerprint density at radius 3 is 2.94 bits per heavy atom. The van der Waals surface area contributed by atoms with E-state index < -0.39 is 0 Å². The van der Waals surface area contributed by atoms with Crippen LogP contribution in [0.1, 0.15) is 38.5 Å². The van der Waals surface area contributed by atoms with Crippen LogP contribution in [0.25, 0.3) is 0 Å². The van der Waals surface area contributed by atoms with E-state index in [0.717, 1.165) is 32.4 Å². The molecule has 1 amide bonds. The summed E-state index contributed by atoms with van der Waals surface area (Å²) in [5.41, 5.74) is 0. The molecule has 2 unspecified atom stereocenters. The highest BCUT2D eigenvalue weighted by Crippen LogP contribution is 2.17. The lowest BCUT2D eigenvalue weighted by Gasteiger charge is -2.32. The van der Waals surface area contributed by atoms with Crippen LogP contribution in [0.5, 0.6) is 0 Å². The van der Waals surface area contributed by atoms with Crippen LogP contribution in [0.4, 0.5) is 0 Å². The minimum atomic E-state index is 0.180. The largest absolute Gasteiger partial charge is 0.376 e. The topological polar surface area (TPSA) is 41.6 Å². The molecule has 0 aliphatic carbocycles. The molecule has 0 saturated carbocycles. The molecular weight excluding hydrogens is 216 g/mol. The minimum absolute atomic E-state index is 0.180. The number of nitrogens with zero attached hydrogens (tertiary/aromatic N) is 1. The van der Waals surface area contributed by atoms with Crippen LogP contribution in [0.2, 0.25) is 0 Å². The van der Waals surface area contributed by atoms with E-state index in [1.54, 1.807) is 0 Å². The van der Waals surface area contributed by atoms with Crippen LogP contribution in [-0.4, -0.2) is 49.7 Å². The standard InChI is InChI=1S/C13H24N2O2/c1-15-7-3-2-5-11(15)9-13(16)14-10-12-6-4-8-17-12/h11-12H,2-10H2,1H3,(H,14,16). The van der Waals surface area contributed by atoms with Gasteiger partial charge >= 0.3 is 0 Å². The predicted octanol–water partition coefficient (Wildman–Crippen LogP) is 1.16. The van der Waals surface area contributed by atoms with E-state index in [4.69, 9.17) is 4.74 Å². The second-order valence-electron chi connectivity index (χ2n) is 5.27. The maximum absolute atomic E-state index is 11.8. The van der Waals surface area contributed by atoms with Crippen LogP contribution in [0, 0.1) is 0 Å². The Kier molecular flexibility index (Phi) is 4.80. The summed E-state index contributed by atoms with van der Waals surface area (Å²) in [6.45, 7) is 2.67. The van der Waals surface area contributed by atoms with Crippen molar-refractivity contribution in [1.82, 2.24) is 10.2 Å². The number of nitrogens with one attached hydrogen (secondary N) is 1. The second-order valence-corrected chi connectivity index (χ2v) is 5.27. The van der Waals surface area contributed by atoms with Crippen LogP contribution >= 0.6 is 0 Å². The summed E-state index contributed by atoms with van der Waals surface area (Å²) in [7, 11) is 2.12. The first-order valence-corrected chi connectivity index (χ1v) is 6.84. The molecule has 0 spiro atoms. The molecule has 98 valence electrons. The normalized spacial score (nSPS) is 30.4. The van der Waals surface area contributed by atoms with Gasteiger partial charge in [0, 0.05) is 25.6 Å². The first-order chi connectivity index (χ1) is 8.25. The molecule has 1 N–H and O–H groups in total. The van der Waals surface area contributed by atoms with Gasteiger partial charge in [0.2, 0.25) is 5.91 Å². The molecule has 0 aromatic carbocycles. The summed E-state index contributed by atoms with van der Waals surface area (Å²) in [5, 5.41) is 3.00. The van der Waals surface area contributed by atoms with Crippen molar-refractivity contribution in [2.45, 2.75) is 50.7 Å². The zero-order chi connectivity index (χ0) is 12.1. The number of amides is 1. The van der Waals surface area contributed by atoms with Gasteiger partial charge in [0.05, 0.1) is 6.10 Å². The van der Waals surface area contributed by atoms with E-state index in [1.165, 1.54) is 12.8 Å². The van der Waals surface area contributed by atoms with Gasteiger partial charge in [-0.3, -0.25) is 4.79 Å². The summed E-state index contributed by atoms with van der Waals surface area (Å²) in [6.07, 6.45) is 6.80. The average molecular weight is 240 g/mol. The molecular formula is C13H24N2O2. The fraction of sp³-hybridized carbons (Fsp3) is 0.923. The van der Waals surface area contributed by atoms with Crippen molar-refractivity contribution in [2.24, 2.45) is 0 Å². The first kappa shape index (κ1) is 12.8. The highest BCUT2D eigenvalue weighted by atomic mass is 16.5. The average Bonchev–Trinajstić information content (AvgIpc) is 2.82. The van der Waals surface area contributed by atoms with E-state index in [2.05, 4.69) is 17.3 Å². The van der Waals surface area contributed by atoms with Gasteiger partial charge in [-0.05, 0) is 39.3 Å². The van der Waals surface area contributed by atoms with E-state index in [-0.39, 0.29) is 12.0 Å². The maximum Gasteiger partial charge on any atom is 0.221 e. The lowest BCUT2D eigenvalue weighted by atomic mass is 10.00. The van der Waals surface area contributed by atoms with E-state index in [1.807, 2.05) is 0 Å². The Labute approximate surface area is 104 Å². The number of carbonyl (C=O) groups excluding carboxylic acids is 1. The molecule has 2 atom stereocenters. The Morgan fingerprint density at radius 2 is 2.24 bits per heavy atom. The molecule has 2 rings (SSSR count). The van der Waals surface area contributed by atoms with Gasteiger partial charge in [-0.15, -0.1) is 0 Å². The van der Waals surface area contributed by atoms with Crippen molar-refractivity contribution in [3.05, 3.63) is 0 Å². The van der Waals surface area contributed by atoms with Gasteiger partial charge < -0.3 is 15.0 Å². The molecule has 17 heavy (non-hydrogen) atoms. The number of ether oxygens (including phenoxy) is 1. The molecule has 4 heteroatoms. The highest BCUT2D eigenvalue weighted by Gasteiger charge is 2.22. The molecule has 4 nitrogen and oxygen atoms in total. The molecule has 2 fully saturated rings. The fourth-order valence-electron chi connectivity index (χ4n) is 2.72. The van der Waals surface area contributed by atoms with E-state index in [0.29, 0.717) is 19.0 Å². The lowest BCUT2D eigenvalue weighted by Crippen LogP contribution is -2.41. The van der Waals surface area contributed by atoms with E-state index >= 15 is 0 Å².